The molecule has 4 atom stereocenters. The molecule has 1 aromatic carbocycles. The van der Waals surface area contributed by atoms with Crippen molar-refractivity contribution in [3.63, 3.8) is 0 Å². The summed E-state index contributed by atoms with van der Waals surface area (Å²) >= 11 is 0. The molecular formula is C21H29NO2. The second-order valence-corrected chi connectivity index (χ2v) is 8.49. The van der Waals surface area contributed by atoms with Gasteiger partial charge in [-0.2, -0.15) is 0 Å². The van der Waals surface area contributed by atoms with Crippen LogP contribution < -0.4 is 5.32 Å². The summed E-state index contributed by atoms with van der Waals surface area (Å²) in [6, 6.07) is 11.0. The van der Waals surface area contributed by atoms with Crippen molar-refractivity contribution in [2.75, 3.05) is 20.3 Å². The number of methoxy groups -OCH3 is 1. The van der Waals surface area contributed by atoms with Crippen LogP contribution in [0.1, 0.15) is 50.5 Å². The summed E-state index contributed by atoms with van der Waals surface area (Å²) in [5, 5.41) is 3.22. The van der Waals surface area contributed by atoms with Gasteiger partial charge in [-0.05, 0) is 67.8 Å². The number of benzene rings is 1. The molecule has 24 heavy (non-hydrogen) atoms. The van der Waals surface area contributed by atoms with Gasteiger partial charge < -0.3 is 10.1 Å². The minimum absolute atomic E-state index is 0.118. The van der Waals surface area contributed by atoms with Gasteiger partial charge in [0.05, 0.1) is 5.41 Å². The number of ether oxygens (including phenoxy) is 1. The molecule has 0 aliphatic heterocycles. The first kappa shape index (κ1) is 16.1. The molecule has 130 valence electrons. The maximum Gasteiger partial charge on any atom is 0.226 e. The van der Waals surface area contributed by atoms with E-state index in [-0.39, 0.29) is 10.8 Å². The minimum atomic E-state index is -0.118. The van der Waals surface area contributed by atoms with E-state index in [1.165, 1.54) is 24.8 Å². The van der Waals surface area contributed by atoms with Gasteiger partial charge in [-0.25, -0.2) is 0 Å². The zero-order chi connectivity index (χ0) is 16.6. The van der Waals surface area contributed by atoms with Crippen LogP contribution in [0.3, 0.4) is 0 Å². The maximum atomic E-state index is 13.1. The van der Waals surface area contributed by atoms with Crippen molar-refractivity contribution in [1.82, 2.24) is 5.32 Å². The molecule has 0 spiro atoms. The molecule has 3 nitrogen and oxygen atoms in total. The average molecular weight is 327 g/mol. The van der Waals surface area contributed by atoms with Crippen molar-refractivity contribution >= 4 is 5.91 Å². The van der Waals surface area contributed by atoms with Gasteiger partial charge in [0.15, 0.2) is 0 Å². The van der Waals surface area contributed by atoms with Gasteiger partial charge in [0.25, 0.3) is 0 Å². The van der Waals surface area contributed by atoms with Gasteiger partial charge in [0.2, 0.25) is 5.91 Å². The number of nitrogens with one attached hydrogen (secondary N) is 1. The average Bonchev–Trinajstić information content (AvgIpc) is 2.58. The molecule has 0 radical (unpaired) electrons. The smallest absolute Gasteiger partial charge is 0.226 e. The predicted molar refractivity (Wildman–Crippen MR) is 94.7 cm³/mol. The fourth-order valence-corrected chi connectivity index (χ4v) is 6.26. The lowest BCUT2D eigenvalue weighted by Crippen LogP contribution is -2.59. The van der Waals surface area contributed by atoms with E-state index in [4.69, 9.17) is 4.74 Å². The minimum Gasteiger partial charge on any atom is -0.385 e. The summed E-state index contributed by atoms with van der Waals surface area (Å²) in [6.07, 6.45) is 8.07. The first-order valence-corrected chi connectivity index (χ1v) is 9.49. The molecule has 0 aromatic heterocycles. The Bertz CT molecular complexity index is 583. The molecule has 0 heterocycles. The molecule has 1 N–H and O–H groups in total. The van der Waals surface area contributed by atoms with Crippen LogP contribution in [0, 0.1) is 17.3 Å². The summed E-state index contributed by atoms with van der Waals surface area (Å²) in [6.45, 7) is 1.45. The molecule has 5 rings (SSSR count). The van der Waals surface area contributed by atoms with Crippen LogP contribution in [0.4, 0.5) is 0 Å². The number of carbonyl (C=O) groups is 1. The van der Waals surface area contributed by atoms with Gasteiger partial charge in [-0.1, -0.05) is 30.3 Å². The fraction of sp³-hybridized carbons (Fsp3) is 0.667. The second kappa shape index (κ2) is 6.18. The van der Waals surface area contributed by atoms with Gasteiger partial charge in [-0.3, -0.25) is 4.79 Å². The van der Waals surface area contributed by atoms with Gasteiger partial charge in [0, 0.05) is 20.3 Å². The monoisotopic (exact) mass is 327 g/mol. The van der Waals surface area contributed by atoms with Crippen LogP contribution in [0.5, 0.6) is 0 Å². The Labute approximate surface area is 145 Å². The molecule has 4 aliphatic carbocycles. The van der Waals surface area contributed by atoms with Gasteiger partial charge in [0.1, 0.15) is 0 Å². The lowest BCUT2D eigenvalue weighted by Gasteiger charge is -2.61. The van der Waals surface area contributed by atoms with E-state index in [0.717, 1.165) is 44.1 Å². The van der Waals surface area contributed by atoms with E-state index >= 15 is 0 Å². The molecule has 2 unspecified atom stereocenters. The predicted octanol–water partition coefficient (Wildman–Crippen LogP) is 3.68. The van der Waals surface area contributed by atoms with E-state index in [2.05, 4.69) is 35.6 Å². The lowest BCUT2D eigenvalue weighted by atomic mass is 9.42. The first-order valence-electron chi connectivity index (χ1n) is 9.49. The van der Waals surface area contributed by atoms with Gasteiger partial charge >= 0.3 is 0 Å². The molecule has 4 saturated carbocycles. The Morgan fingerprint density at radius 2 is 1.88 bits per heavy atom. The molecule has 0 saturated heterocycles. The maximum absolute atomic E-state index is 13.1. The summed E-state index contributed by atoms with van der Waals surface area (Å²) in [4.78, 5) is 13.1. The number of rotatable bonds is 6. The Hall–Kier alpha value is -1.35. The van der Waals surface area contributed by atoms with Crippen molar-refractivity contribution in [2.45, 2.75) is 50.4 Å². The normalized spacial score (nSPS) is 36.7. The number of amides is 1. The standard InChI is InChI=1S/C21H29NO2/c1-24-9-5-8-22-19(23)21-13-16-10-17(14-21)12-20(11-16,15-21)18-6-3-2-4-7-18/h2-4,6-7,16-17H,5,8-15H2,1H3,(H,22,23)/t16-,17+,20?,21?. The van der Waals surface area contributed by atoms with Crippen LogP contribution in [-0.2, 0) is 14.9 Å². The van der Waals surface area contributed by atoms with Crippen LogP contribution >= 0.6 is 0 Å². The third-order valence-electron chi connectivity index (χ3n) is 6.74. The lowest BCUT2D eigenvalue weighted by molar-refractivity contribution is -0.149. The van der Waals surface area contributed by atoms with Crippen molar-refractivity contribution in [1.29, 1.82) is 0 Å². The Balaban J connectivity index is 1.56. The first-order chi connectivity index (χ1) is 11.7. The van der Waals surface area contributed by atoms with Crippen LogP contribution in [0.15, 0.2) is 30.3 Å². The van der Waals surface area contributed by atoms with E-state index in [9.17, 15) is 4.79 Å². The van der Waals surface area contributed by atoms with Crippen LogP contribution in [-0.4, -0.2) is 26.2 Å². The summed E-state index contributed by atoms with van der Waals surface area (Å²) in [5.41, 5.74) is 1.60. The third kappa shape index (κ3) is 2.67. The molecule has 1 aromatic rings. The summed E-state index contributed by atoms with van der Waals surface area (Å²) in [5.74, 6) is 1.78. The Morgan fingerprint density at radius 3 is 2.54 bits per heavy atom. The Morgan fingerprint density at radius 1 is 1.17 bits per heavy atom. The summed E-state index contributed by atoms with van der Waals surface area (Å²) in [7, 11) is 1.71. The Kier molecular flexibility index (Phi) is 4.16. The van der Waals surface area contributed by atoms with E-state index < -0.39 is 0 Å². The highest BCUT2D eigenvalue weighted by atomic mass is 16.5. The molecule has 4 aliphatic rings. The fourth-order valence-electron chi connectivity index (χ4n) is 6.26. The van der Waals surface area contributed by atoms with E-state index in [0.29, 0.717) is 12.5 Å². The summed E-state index contributed by atoms with van der Waals surface area (Å²) < 4.78 is 5.10. The topological polar surface area (TPSA) is 38.3 Å². The van der Waals surface area contributed by atoms with Gasteiger partial charge in [-0.15, -0.1) is 0 Å². The number of carbonyl (C=O) groups excluding carboxylic acids is 1. The molecular weight excluding hydrogens is 298 g/mol. The SMILES string of the molecule is COCCCNC(=O)C12C[C@H]3C[C@@H](C1)CC(c1ccccc1)(C3)C2. The highest BCUT2D eigenvalue weighted by Crippen LogP contribution is 2.65. The molecule has 1 amide bonds. The highest BCUT2D eigenvalue weighted by molar-refractivity contribution is 5.83. The quantitative estimate of drug-likeness (QED) is 0.810. The molecule has 4 fully saturated rings. The van der Waals surface area contributed by atoms with Crippen molar-refractivity contribution in [2.24, 2.45) is 17.3 Å². The zero-order valence-electron chi connectivity index (χ0n) is 14.7. The van der Waals surface area contributed by atoms with E-state index in [1.807, 2.05) is 0 Å². The number of hydrogen-bond acceptors (Lipinski definition) is 2. The zero-order valence-corrected chi connectivity index (χ0v) is 14.7. The van der Waals surface area contributed by atoms with Crippen molar-refractivity contribution in [3.05, 3.63) is 35.9 Å². The highest BCUT2D eigenvalue weighted by Gasteiger charge is 2.60. The van der Waals surface area contributed by atoms with E-state index in [1.54, 1.807) is 7.11 Å². The third-order valence-corrected chi connectivity index (χ3v) is 6.74. The van der Waals surface area contributed by atoms with Crippen LogP contribution in [0.25, 0.3) is 0 Å². The molecule has 3 heteroatoms. The second-order valence-electron chi connectivity index (χ2n) is 8.49. The van der Waals surface area contributed by atoms with Crippen molar-refractivity contribution in [3.8, 4) is 0 Å². The number of hydrogen-bond donors (Lipinski definition) is 1. The molecule has 4 bridgehead atoms. The van der Waals surface area contributed by atoms with Crippen molar-refractivity contribution < 1.29 is 9.53 Å². The van der Waals surface area contributed by atoms with Crippen LogP contribution in [0.2, 0.25) is 0 Å². The largest absolute Gasteiger partial charge is 0.385 e.